The second-order valence-electron chi connectivity index (χ2n) is 5.79. The number of benzene rings is 1. The number of hydrogen-bond donors (Lipinski definition) is 0. The van der Waals surface area contributed by atoms with E-state index in [-0.39, 0.29) is 30.1 Å². The molecule has 2 bridgehead atoms. The van der Waals surface area contributed by atoms with E-state index in [2.05, 4.69) is 0 Å². The number of sulfonamides is 1. The SMILES string of the molecule is CCOP(=O)(OCC)[C@H]1[C@@H]2C=C[C@@H](C2)N1S(=O)(=O)c1ccccc1. The van der Waals surface area contributed by atoms with E-state index in [1.54, 1.807) is 44.2 Å². The van der Waals surface area contributed by atoms with Crippen molar-refractivity contribution in [2.45, 2.75) is 37.0 Å². The van der Waals surface area contributed by atoms with Crippen molar-refractivity contribution in [3.63, 3.8) is 0 Å². The van der Waals surface area contributed by atoms with Crippen LogP contribution in [0.3, 0.4) is 0 Å². The topological polar surface area (TPSA) is 72.9 Å². The molecule has 2 aliphatic rings. The van der Waals surface area contributed by atoms with Gasteiger partial charge in [-0.3, -0.25) is 4.57 Å². The second kappa shape index (κ2) is 6.73. The van der Waals surface area contributed by atoms with Crippen molar-refractivity contribution in [3.05, 3.63) is 42.5 Å². The average Bonchev–Trinajstić information content (AvgIpc) is 3.17. The lowest BCUT2D eigenvalue weighted by Gasteiger charge is -2.35. The summed E-state index contributed by atoms with van der Waals surface area (Å²) in [5.74, 6) is -0.963. The predicted molar refractivity (Wildman–Crippen MR) is 91.1 cm³/mol. The van der Waals surface area contributed by atoms with Crippen LogP contribution in [0.15, 0.2) is 47.4 Å². The van der Waals surface area contributed by atoms with E-state index in [0.29, 0.717) is 6.42 Å². The highest BCUT2D eigenvalue weighted by molar-refractivity contribution is 7.89. The molecule has 1 fully saturated rings. The fourth-order valence-corrected chi connectivity index (χ4v) is 8.12. The van der Waals surface area contributed by atoms with Crippen molar-refractivity contribution >= 4 is 17.6 Å². The molecule has 6 nitrogen and oxygen atoms in total. The number of hydrogen-bond acceptors (Lipinski definition) is 5. The average molecular weight is 371 g/mol. The molecule has 8 heteroatoms. The number of fused-ring (bicyclic) bond motifs is 2. The molecular formula is C16H22NO5PS. The summed E-state index contributed by atoms with van der Waals surface area (Å²) in [6.07, 6.45) is 4.40. The van der Waals surface area contributed by atoms with Gasteiger partial charge in [-0.25, -0.2) is 8.42 Å². The maximum absolute atomic E-state index is 13.3. The van der Waals surface area contributed by atoms with Gasteiger partial charge in [0.15, 0.2) is 0 Å². The van der Waals surface area contributed by atoms with Gasteiger partial charge in [0, 0.05) is 12.0 Å². The summed E-state index contributed by atoms with van der Waals surface area (Å²) in [6, 6.07) is 7.91. The zero-order valence-corrected chi connectivity index (χ0v) is 15.4. The zero-order valence-electron chi connectivity index (χ0n) is 13.7. The first-order valence-electron chi connectivity index (χ1n) is 8.09. The molecule has 0 spiro atoms. The Morgan fingerprint density at radius 2 is 1.75 bits per heavy atom. The van der Waals surface area contributed by atoms with Crippen molar-refractivity contribution < 1.29 is 22.0 Å². The maximum atomic E-state index is 13.3. The van der Waals surface area contributed by atoms with Crippen LogP contribution >= 0.6 is 7.60 Å². The quantitative estimate of drug-likeness (QED) is 0.543. The Morgan fingerprint density at radius 3 is 2.33 bits per heavy atom. The number of rotatable bonds is 7. The van der Waals surface area contributed by atoms with Crippen molar-refractivity contribution in [3.8, 4) is 0 Å². The van der Waals surface area contributed by atoms with Crippen molar-refractivity contribution in [1.82, 2.24) is 4.31 Å². The molecule has 0 radical (unpaired) electrons. The Labute approximate surface area is 143 Å². The van der Waals surface area contributed by atoms with Crippen LogP contribution in [-0.4, -0.2) is 37.8 Å². The van der Waals surface area contributed by atoms with Gasteiger partial charge >= 0.3 is 7.60 Å². The van der Waals surface area contributed by atoms with Gasteiger partial charge in [0.2, 0.25) is 10.0 Å². The first-order chi connectivity index (χ1) is 11.4. The third-order valence-electron chi connectivity index (χ3n) is 4.33. The highest BCUT2D eigenvalue weighted by Gasteiger charge is 2.57. The molecule has 1 saturated heterocycles. The van der Waals surface area contributed by atoms with E-state index < -0.39 is 23.4 Å². The lowest BCUT2D eigenvalue weighted by molar-refractivity contribution is 0.192. The third kappa shape index (κ3) is 2.89. The minimum atomic E-state index is -3.79. The van der Waals surface area contributed by atoms with Crippen LogP contribution in [-0.2, 0) is 23.6 Å². The van der Waals surface area contributed by atoms with Gasteiger partial charge in [-0.05, 0) is 32.4 Å². The van der Waals surface area contributed by atoms with Crippen molar-refractivity contribution in [2.24, 2.45) is 5.92 Å². The first-order valence-corrected chi connectivity index (χ1v) is 11.1. The lowest BCUT2D eigenvalue weighted by atomic mass is 10.2. The van der Waals surface area contributed by atoms with Crippen molar-refractivity contribution in [2.75, 3.05) is 13.2 Å². The fourth-order valence-electron chi connectivity index (χ4n) is 3.46. The Bertz CT molecular complexity index is 754. The van der Waals surface area contributed by atoms with Crippen LogP contribution in [0.25, 0.3) is 0 Å². The third-order valence-corrected chi connectivity index (χ3v) is 8.92. The van der Waals surface area contributed by atoms with E-state index in [0.717, 1.165) is 0 Å². The van der Waals surface area contributed by atoms with Crippen LogP contribution in [0.2, 0.25) is 0 Å². The van der Waals surface area contributed by atoms with Crippen molar-refractivity contribution in [1.29, 1.82) is 0 Å². The summed E-state index contributed by atoms with van der Waals surface area (Å²) >= 11 is 0. The maximum Gasteiger partial charge on any atom is 0.349 e. The van der Waals surface area contributed by atoms with E-state index >= 15 is 0 Å². The van der Waals surface area contributed by atoms with E-state index in [1.165, 1.54) is 4.31 Å². The van der Waals surface area contributed by atoms with Crippen LogP contribution in [0, 0.1) is 5.92 Å². The van der Waals surface area contributed by atoms with Gasteiger partial charge in [-0.2, -0.15) is 4.31 Å². The molecule has 3 rings (SSSR count). The highest BCUT2D eigenvalue weighted by Crippen LogP contribution is 2.62. The summed E-state index contributed by atoms with van der Waals surface area (Å²) in [5, 5.41) is 0. The molecule has 3 atom stereocenters. The van der Waals surface area contributed by atoms with Gasteiger partial charge in [0.05, 0.1) is 18.1 Å². The van der Waals surface area contributed by atoms with E-state index in [4.69, 9.17) is 9.05 Å². The van der Waals surface area contributed by atoms with Gasteiger partial charge in [-0.1, -0.05) is 30.4 Å². The predicted octanol–water partition coefficient (Wildman–Crippen LogP) is 3.23. The second-order valence-corrected chi connectivity index (χ2v) is 9.76. The van der Waals surface area contributed by atoms with Crippen LogP contribution < -0.4 is 0 Å². The monoisotopic (exact) mass is 371 g/mol. The van der Waals surface area contributed by atoms with Gasteiger partial charge in [-0.15, -0.1) is 0 Å². The standard InChI is InChI=1S/C16H22NO5PS/c1-3-21-23(18,22-4-2)16-13-10-11-14(12-13)17(16)24(19,20)15-8-6-5-7-9-15/h5-11,13-14,16H,3-4,12H2,1-2H3/t13-,14+,16+/m1/s1. The lowest BCUT2D eigenvalue weighted by Crippen LogP contribution is -2.43. The zero-order chi connectivity index (χ0) is 17.4. The molecule has 1 heterocycles. The van der Waals surface area contributed by atoms with E-state index in [9.17, 15) is 13.0 Å². The highest BCUT2D eigenvalue weighted by atomic mass is 32.2. The molecule has 0 unspecified atom stereocenters. The van der Waals surface area contributed by atoms with E-state index in [1.807, 2.05) is 12.2 Å². The fraction of sp³-hybridized carbons (Fsp3) is 0.500. The Hall–Kier alpha value is -0.980. The summed E-state index contributed by atoms with van der Waals surface area (Å²) in [7, 11) is -7.38. The van der Waals surface area contributed by atoms with Crippen LogP contribution in [0.4, 0.5) is 0 Å². The Kier molecular flexibility index (Phi) is 5.00. The van der Waals surface area contributed by atoms with Gasteiger partial charge < -0.3 is 9.05 Å². The molecule has 1 aliphatic carbocycles. The Morgan fingerprint density at radius 1 is 1.12 bits per heavy atom. The normalized spacial score (nSPS) is 27.0. The number of nitrogens with zero attached hydrogens (tertiary/aromatic N) is 1. The minimum Gasteiger partial charge on any atom is -0.308 e. The molecule has 0 N–H and O–H groups in total. The smallest absolute Gasteiger partial charge is 0.308 e. The summed E-state index contributed by atoms with van der Waals surface area (Å²) in [6.45, 7) is 3.86. The summed E-state index contributed by atoms with van der Waals surface area (Å²) in [4.78, 5) is 0.190. The minimum absolute atomic E-state index is 0.155. The molecule has 1 aromatic carbocycles. The molecule has 24 heavy (non-hydrogen) atoms. The Balaban J connectivity index is 2.06. The van der Waals surface area contributed by atoms with Crippen LogP contribution in [0.5, 0.6) is 0 Å². The molecule has 132 valence electrons. The molecule has 1 aliphatic heterocycles. The summed E-state index contributed by atoms with van der Waals surface area (Å²) < 4.78 is 51.9. The molecule has 0 aromatic heterocycles. The van der Waals surface area contributed by atoms with Gasteiger partial charge in [0.1, 0.15) is 5.78 Å². The molecule has 0 amide bonds. The largest absolute Gasteiger partial charge is 0.349 e. The molecule has 1 aromatic rings. The first kappa shape index (κ1) is 17.8. The summed E-state index contributed by atoms with van der Waals surface area (Å²) in [5.41, 5.74) is 0. The molecular weight excluding hydrogens is 349 g/mol. The van der Waals surface area contributed by atoms with Gasteiger partial charge in [0.25, 0.3) is 0 Å². The van der Waals surface area contributed by atoms with Crippen LogP contribution in [0.1, 0.15) is 20.3 Å². The molecule has 0 saturated carbocycles.